The van der Waals surface area contributed by atoms with Gasteiger partial charge in [0, 0.05) is 37.3 Å². The fourth-order valence-corrected chi connectivity index (χ4v) is 3.72. The quantitative estimate of drug-likeness (QED) is 0.638. The van der Waals surface area contributed by atoms with Crippen LogP contribution in [0.15, 0.2) is 41.1 Å². The Hall–Kier alpha value is -2.48. The summed E-state index contributed by atoms with van der Waals surface area (Å²) in [5.74, 6) is 1.45. The highest BCUT2D eigenvalue weighted by atomic mass is 19.4. The highest BCUT2D eigenvalue weighted by Gasteiger charge is 2.29. The summed E-state index contributed by atoms with van der Waals surface area (Å²) in [7, 11) is 0. The summed E-state index contributed by atoms with van der Waals surface area (Å²) in [6, 6.07) is 8.89. The van der Waals surface area contributed by atoms with Gasteiger partial charge in [-0.3, -0.25) is 4.90 Å². The van der Waals surface area contributed by atoms with E-state index in [2.05, 4.69) is 10.1 Å². The zero-order chi connectivity index (χ0) is 19.7. The highest BCUT2D eigenvalue weighted by molar-refractivity contribution is 5.86. The van der Waals surface area contributed by atoms with Crippen LogP contribution in [-0.4, -0.2) is 40.0 Å². The van der Waals surface area contributed by atoms with Crippen molar-refractivity contribution in [1.82, 2.24) is 14.6 Å². The highest BCUT2D eigenvalue weighted by Crippen LogP contribution is 2.31. The molecule has 28 heavy (non-hydrogen) atoms. The zero-order valence-corrected chi connectivity index (χ0v) is 15.6. The van der Waals surface area contributed by atoms with Crippen molar-refractivity contribution in [3.05, 3.63) is 48.0 Å². The van der Waals surface area contributed by atoms with E-state index >= 15 is 0 Å². The van der Waals surface area contributed by atoms with Gasteiger partial charge in [-0.2, -0.15) is 13.2 Å². The molecule has 0 unspecified atom stereocenters. The van der Waals surface area contributed by atoms with Gasteiger partial charge < -0.3 is 13.8 Å². The molecule has 8 heteroatoms. The van der Waals surface area contributed by atoms with Crippen LogP contribution < -0.4 is 4.74 Å². The summed E-state index contributed by atoms with van der Waals surface area (Å²) in [6.45, 7) is 3.38. The van der Waals surface area contributed by atoms with E-state index < -0.39 is 12.7 Å². The SMILES string of the molecule is Cc1cc(CN2CCC(Oc3cccc4c3ccn4CC(F)(F)F)CC2)no1. The van der Waals surface area contributed by atoms with Crippen molar-refractivity contribution in [3.8, 4) is 5.75 Å². The van der Waals surface area contributed by atoms with Gasteiger partial charge in [-0.25, -0.2) is 0 Å². The Morgan fingerprint density at radius 2 is 2.00 bits per heavy atom. The Morgan fingerprint density at radius 1 is 1.21 bits per heavy atom. The molecule has 150 valence electrons. The first-order valence-electron chi connectivity index (χ1n) is 9.33. The van der Waals surface area contributed by atoms with Gasteiger partial charge in [-0.05, 0) is 38.0 Å². The normalized spacial score (nSPS) is 16.7. The molecule has 0 amide bonds. The monoisotopic (exact) mass is 393 g/mol. The molecule has 0 N–H and O–H groups in total. The molecule has 1 saturated heterocycles. The van der Waals surface area contributed by atoms with Crippen LogP contribution in [0.1, 0.15) is 24.3 Å². The fraction of sp³-hybridized carbons (Fsp3) is 0.450. The van der Waals surface area contributed by atoms with E-state index in [9.17, 15) is 13.2 Å². The standard InChI is InChI=1S/C20H22F3N3O2/c1-14-11-15(24-28-14)12-25-8-5-16(6-9-25)27-19-4-2-3-18-17(19)7-10-26(18)13-20(21,22)23/h2-4,7,10-11,16H,5-6,8-9,12-13H2,1H3. The molecule has 1 aliphatic heterocycles. The van der Waals surface area contributed by atoms with Crippen molar-refractivity contribution < 1.29 is 22.4 Å². The van der Waals surface area contributed by atoms with Gasteiger partial charge in [0.15, 0.2) is 0 Å². The average molecular weight is 393 g/mol. The molecule has 2 aromatic heterocycles. The van der Waals surface area contributed by atoms with E-state index in [1.807, 2.05) is 19.1 Å². The van der Waals surface area contributed by atoms with Crippen LogP contribution in [-0.2, 0) is 13.1 Å². The van der Waals surface area contributed by atoms with E-state index in [4.69, 9.17) is 9.26 Å². The summed E-state index contributed by atoms with van der Waals surface area (Å²) in [5.41, 5.74) is 1.46. The molecule has 0 aliphatic carbocycles. The van der Waals surface area contributed by atoms with Gasteiger partial charge in [0.2, 0.25) is 0 Å². The Bertz CT molecular complexity index is 940. The molecule has 3 heterocycles. The van der Waals surface area contributed by atoms with Crippen LogP contribution >= 0.6 is 0 Å². The van der Waals surface area contributed by atoms with Crippen molar-refractivity contribution in [1.29, 1.82) is 0 Å². The number of rotatable bonds is 5. The first-order valence-corrected chi connectivity index (χ1v) is 9.33. The number of likely N-dealkylation sites (tertiary alicyclic amines) is 1. The predicted molar refractivity (Wildman–Crippen MR) is 98.2 cm³/mol. The van der Waals surface area contributed by atoms with E-state index in [-0.39, 0.29) is 6.10 Å². The van der Waals surface area contributed by atoms with Crippen molar-refractivity contribution in [2.75, 3.05) is 13.1 Å². The second-order valence-electron chi connectivity index (χ2n) is 7.27. The maximum absolute atomic E-state index is 12.7. The van der Waals surface area contributed by atoms with Crippen LogP contribution in [0.4, 0.5) is 13.2 Å². The van der Waals surface area contributed by atoms with Gasteiger partial charge in [-0.15, -0.1) is 0 Å². The average Bonchev–Trinajstić information content (AvgIpc) is 3.22. The third kappa shape index (κ3) is 4.32. The second kappa shape index (κ2) is 7.50. The van der Waals surface area contributed by atoms with Gasteiger partial charge in [0.05, 0.1) is 11.2 Å². The minimum Gasteiger partial charge on any atom is -0.490 e. The first kappa shape index (κ1) is 18.9. The topological polar surface area (TPSA) is 43.4 Å². The lowest BCUT2D eigenvalue weighted by atomic mass is 10.1. The number of nitrogens with zero attached hydrogens (tertiary/aromatic N) is 3. The number of aryl methyl sites for hydroxylation is 1. The molecule has 0 bridgehead atoms. The van der Waals surface area contributed by atoms with E-state index in [0.29, 0.717) is 16.7 Å². The Morgan fingerprint density at radius 3 is 2.68 bits per heavy atom. The smallest absolute Gasteiger partial charge is 0.406 e. The summed E-state index contributed by atoms with van der Waals surface area (Å²) in [6.07, 6.45) is -1.02. The van der Waals surface area contributed by atoms with Crippen LogP contribution in [0, 0.1) is 6.92 Å². The Balaban J connectivity index is 1.39. The molecule has 5 nitrogen and oxygen atoms in total. The number of alkyl halides is 3. The maximum Gasteiger partial charge on any atom is 0.406 e. The molecular formula is C20H22F3N3O2. The third-order valence-corrected chi connectivity index (χ3v) is 5.01. The molecule has 1 fully saturated rings. The molecular weight excluding hydrogens is 371 g/mol. The number of fused-ring (bicyclic) bond motifs is 1. The minimum absolute atomic E-state index is 0.0480. The van der Waals surface area contributed by atoms with Gasteiger partial charge in [0.1, 0.15) is 24.2 Å². The molecule has 3 aromatic rings. The molecule has 0 atom stereocenters. The maximum atomic E-state index is 12.7. The number of aromatic nitrogens is 2. The molecule has 1 aromatic carbocycles. The van der Waals surface area contributed by atoms with Gasteiger partial charge in [0.25, 0.3) is 0 Å². The number of benzene rings is 1. The lowest BCUT2D eigenvalue weighted by Crippen LogP contribution is -2.37. The number of hydrogen-bond donors (Lipinski definition) is 0. The number of ether oxygens (including phenoxy) is 1. The van der Waals surface area contributed by atoms with Gasteiger partial charge >= 0.3 is 6.18 Å². The first-order chi connectivity index (χ1) is 13.4. The number of piperidine rings is 1. The molecule has 0 radical (unpaired) electrons. The van der Waals surface area contributed by atoms with Crippen molar-refractivity contribution >= 4 is 10.9 Å². The third-order valence-electron chi connectivity index (χ3n) is 5.01. The van der Waals surface area contributed by atoms with Crippen LogP contribution in [0.3, 0.4) is 0 Å². The molecule has 0 saturated carbocycles. The zero-order valence-electron chi connectivity index (χ0n) is 15.6. The van der Waals surface area contributed by atoms with Gasteiger partial charge in [-0.1, -0.05) is 11.2 Å². The number of hydrogen-bond acceptors (Lipinski definition) is 4. The largest absolute Gasteiger partial charge is 0.490 e. The fourth-order valence-electron chi connectivity index (χ4n) is 3.72. The summed E-state index contributed by atoms with van der Waals surface area (Å²) in [4.78, 5) is 2.30. The van der Waals surface area contributed by atoms with Crippen molar-refractivity contribution in [3.63, 3.8) is 0 Å². The van der Waals surface area contributed by atoms with Crippen LogP contribution in [0.5, 0.6) is 5.75 Å². The second-order valence-corrected chi connectivity index (χ2v) is 7.27. The molecule has 4 rings (SSSR count). The molecule has 1 aliphatic rings. The van der Waals surface area contributed by atoms with E-state index in [1.165, 1.54) is 10.8 Å². The van der Waals surface area contributed by atoms with E-state index in [1.54, 1.807) is 18.2 Å². The van der Waals surface area contributed by atoms with E-state index in [0.717, 1.165) is 43.9 Å². The summed E-state index contributed by atoms with van der Waals surface area (Å²) < 4.78 is 50.7. The molecule has 0 spiro atoms. The van der Waals surface area contributed by atoms with Crippen LogP contribution in [0.2, 0.25) is 0 Å². The predicted octanol–water partition coefficient (Wildman–Crippen LogP) is 4.54. The number of halogens is 3. The lowest BCUT2D eigenvalue weighted by molar-refractivity contribution is -0.139. The lowest BCUT2D eigenvalue weighted by Gasteiger charge is -2.31. The summed E-state index contributed by atoms with van der Waals surface area (Å²) >= 11 is 0. The Kier molecular flexibility index (Phi) is 5.05. The van der Waals surface area contributed by atoms with Crippen molar-refractivity contribution in [2.24, 2.45) is 0 Å². The van der Waals surface area contributed by atoms with Crippen molar-refractivity contribution in [2.45, 2.75) is 45.1 Å². The summed E-state index contributed by atoms with van der Waals surface area (Å²) in [5, 5.41) is 4.74. The Labute approximate surface area is 160 Å². The van der Waals surface area contributed by atoms with Crippen LogP contribution in [0.25, 0.3) is 10.9 Å². The minimum atomic E-state index is -4.25.